The molecule has 2 aromatic carbocycles. The van der Waals surface area contributed by atoms with Crippen LogP contribution in [0.25, 0.3) is 11.1 Å². The standard InChI is InChI=1S/C30H40P2/c1-7-15-29(23(9-1)21-31-25-11-3-4-12-26(31)18-17-25)30-16-8-2-10-24(30)22-32-27-13-5-6-14-28(32)20-19-27/h1-2,7-10,15-16,25-28H,3-6,11-14,17-22H2. The molecular formula is C30H40P2. The Balaban J connectivity index is 1.29. The van der Waals surface area contributed by atoms with Gasteiger partial charge in [-0.3, -0.25) is 0 Å². The van der Waals surface area contributed by atoms with E-state index in [1.807, 2.05) is 0 Å². The molecule has 0 spiro atoms. The predicted octanol–water partition coefficient (Wildman–Crippen LogP) is 9.53. The summed E-state index contributed by atoms with van der Waals surface area (Å²) in [5, 5.41) is 0. The Morgan fingerprint density at radius 3 is 1.19 bits per heavy atom. The van der Waals surface area contributed by atoms with Crippen LogP contribution in [0.4, 0.5) is 0 Å². The SMILES string of the molecule is c1ccc(-c2ccccc2CP2C3CCCCC2CC3)c(CP2C3CCCCC2CC3)c1. The third-order valence-electron chi connectivity index (χ3n) is 9.22. The van der Waals surface area contributed by atoms with E-state index in [2.05, 4.69) is 48.5 Å². The van der Waals surface area contributed by atoms with Crippen LogP contribution >= 0.6 is 15.8 Å². The van der Waals surface area contributed by atoms with E-state index in [0.717, 1.165) is 22.6 Å². The predicted molar refractivity (Wildman–Crippen MR) is 144 cm³/mol. The first-order valence-electron chi connectivity index (χ1n) is 13.5. The molecule has 4 bridgehead atoms. The van der Waals surface area contributed by atoms with E-state index in [1.54, 1.807) is 22.3 Å². The molecule has 4 aliphatic rings. The summed E-state index contributed by atoms with van der Waals surface area (Å²) < 4.78 is 0. The van der Waals surface area contributed by atoms with Crippen LogP contribution in [0.1, 0.15) is 88.2 Å². The third-order valence-corrected chi connectivity index (χ3v) is 16.5. The molecule has 0 aliphatic carbocycles. The second-order valence-corrected chi connectivity index (χ2v) is 16.6. The van der Waals surface area contributed by atoms with Crippen molar-refractivity contribution in [3.8, 4) is 11.1 Å². The zero-order valence-electron chi connectivity index (χ0n) is 19.7. The van der Waals surface area contributed by atoms with E-state index < -0.39 is 0 Å². The first-order chi connectivity index (χ1) is 15.9. The molecule has 0 aromatic heterocycles. The summed E-state index contributed by atoms with van der Waals surface area (Å²) in [5.74, 6) is 0. The van der Waals surface area contributed by atoms with Gasteiger partial charge in [0.05, 0.1) is 0 Å². The summed E-state index contributed by atoms with van der Waals surface area (Å²) >= 11 is 0. The van der Waals surface area contributed by atoms with Crippen LogP contribution in [0.5, 0.6) is 0 Å². The fourth-order valence-corrected chi connectivity index (χ4v) is 15.1. The Morgan fingerprint density at radius 1 is 0.469 bits per heavy atom. The lowest BCUT2D eigenvalue weighted by Gasteiger charge is -2.26. The Morgan fingerprint density at radius 2 is 0.812 bits per heavy atom. The zero-order chi connectivity index (χ0) is 21.3. The van der Waals surface area contributed by atoms with Crippen molar-refractivity contribution in [3.05, 3.63) is 59.7 Å². The maximum absolute atomic E-state index is 2.49. The van der Waals surface area contributed by atoms with Crippen molar-refractivity contribution in [2.24, 2.45) is 0 Å². The average molecular weight is 463 g/mol. The summed E-state index contributed by atoms with van der Waals surface area (Å²) in [7, 11) is 0.355. The van der Waals surface area contributed by atoms with Crippen molar-refractivity contribution in [2.75, 3.05) is 0 Å². The summed E-state index contributed by atoms with van der Waals surface area (Å²) in [6.45, 7) is 0. The van der Waals surface area contributed by atoms with Crippen molar-refractivity contribution in [2.45, 2.75) is 112 Å². The van der Waals surface area contributed by atoms with Gasteiger partial charge < -0.3 is 0 Å². The minimum atomic E-state index is 0.178. The summed E-state index contributed by atoms with van der Waals surface area (Å²) in [4.78, 5) is 0. The van der Waals surface area contributed by atoms with Gasteiger partial charge in [0, 0.05) is 0 Å². The second-order valence-electron chi connectivity index (χ2n) is 11.0. The summed E-state index contributed by atoms with van der Waals surface area (Å²) in [5.41, 5.74) is 10.7. The molecule has 6 rings (SSSR count). The molecule has 4 fully saturated rings. The van der Waals surface area contributed by atoms with Gasteiger partial charge in [0.25, 0.3) is 0 Å². The van der Waals surface area contributed by atoms with E-state index in [-0.39, 0.29) is 15.8 Å². The minimum Gasteiger partial charge on any atom is -0.0958 e. The highest BCUT2D eigenvalue weighted by molar-refractivity contribution is 7.59. The van der Waals surface area contributed by atoms with Crippen molar-refractivity contribution in [1.82, 2.24) is 0 Å². The highest BCUT2D eigenvalue weighted by Crippen LogP contribution is 2.64. The normalized spacial score (nSPS) is 34.2. The molecule has 4 aliphatic heterocycles. The van der Waals surface area contributed by atoms with E-state index >= 15 is 0 Å². The molecular weight excluding hydrogens is 422 g/mol. The average Bonchev–Trinajstić information content (AvgIpc) is 3.20. The van der Waals surface area contributed by atoms with Crippen molar-refractivity contribution < 1.29 is 0 Å². The van der Waals surface area contributed by atoms with Gasteiger partial charge in [-0.25, -0.2) is 0 Å². The second kappa shape index (κ2) is 9.88. The van der Waals surface area contributed by atoms with Crippen molar-refractivity contribution >= 4 is 15.8 Å². The quantitative estimate of drug-likeness (QED) is 0.388. The van der Waals surface area contributed by atoms with Gasteiger partial charge in [0.1, 0.15) is 0 Å². The minimum absolute atomic E-state index is 0.178. The largest absolute Gasteiger partial charge is 0.0958 e. The number of benzene rings is 2. The van der Waals surface area contributed by atoms with Gasteiger partial charge in [-0.1, -0.05) is 90.1 Å². The van der Waals surface area contributed by atoms with Gasteiger partial charge in [-0.15, -0.1) is 0 Å². The van der Waals surface area contributed by atoms with Gasteiger partial charge >= 0.3 is 0 Å². The Kier molecular flexibility index (Phi) is 6.74. The Labute approximate surface area is 198 Å². The van der Waals surface area contributed by atoms with Crippen LogP contribution < -0.4 is 0 Å². The van der Waals surface area contributed by atoms with Gasteiger partial charge in [-0.05, 0) is 109 Å². The van der Waals surface area contributed by atoms with Crippen LogP contribution in [-0.4, -0.2) is 22.6 Å². The Bertz CT molecular complexity index is 817. The molecule has 4 atom stereocenters. The lowest BCUT2D eigenvalue weighted by molar-refractivity contribution is 0.556. The number of fused-ring (bicyclic) bond motifs is 4. The monoisotopic (exact) mass is 462 g/mol. The molecule has 4 unspecified atom stereocenters. The fourth-order valence-electron chi connectivity index (χ4n) is 7.54. The molecule has 2 heteroatoms. The molecule has 0 nitrogen and oxygen atoms in total. The molecule has 170 valence electrons. The highest BCUT2D eigenvalue weighted by atomic mass is 31.1. The number of hydrogen-bond acceptors (Lipinski definition) is 0. The maximum Gasteiger partial charge on any atom is -0.00620 e. The van der Waals surface area contributed by atoms with Gasteiger partial charge in [-0.2, -0.15) is 0 Å². The van der Waals surface area contributed by atoms with E-state index in [4.69, 9.17) is 0 Å². The number of hydrogen-bond donors (Lipinski definition) is 0. The Hall–Kier alpha value is -0.700. The van der Waals surface area contributed by atoms with Crippen molar-refractivity contribution in [1.29, 1.82) is 0 Å². The molecule has 2 aromatic rings. The van der Waals surface area contributed by atoms with Crippen LogP contribution in [0.2, 0.25) is 0 Å². The van der Waals surface area contributed by atoms with Crippen LogP contribution in [0.3, 0.4) is 0 Å². The van der Waals surface area contributed by atoms with Crippen molar-refractivity contribution in [3.63, 3.8) is 0 Å². The first-order valence-corrected chi connectivity index (χ1v) is 16.9. The van der Waals surface area contributed by atoms with Crippen LogP contribution in [0.15, 0.2) is 48.5 Å². The lowest BCUT2D eigenvalue weighted by atomic mass is 9.97. The molecule has 0 amide bonds. The number of rotatable bonds is 5. The topological polar surface area (TPSA) is 0 Å². The summed E-state index contributed by atoms with van der Waals surface area (Å²) in [6.07, 6.45) is 21.0. The van der Waals surface area contributed by atoms with Crippen LogP contribution in [0, 0.1) is 0 Å². The smallest absolute Gasteiger partial charge is 0.00620 e. The highest BCUT2D eigenvalue weighted by Gasteiger charge is 2.38. The molecule has 32 heavy (non-hydrogen) atoms. The third kappa shape index (κ3) is 4.37. The maximum atomic E-state index is 2.49. The molecule has 4 heterocycles. The zero-order valence-corrected chi connectivity index (χ0v) is 21.5. The van der Waals surface area contributed by atoms with Gasteiger partial charge in [0.15, 0.2) is 0 Å². The van der Waals surface area contributed by atoms with E-state index in [9.17, 15) is 0 Å². The lowest BCUT2D eigenvalue weighted by Crippen LogP contribution is -2.05. The van der Waals surface area contributed by atoms with Gasteiger partial charge in [0.2, 0.25) is 0 Å². The van der Waals surface area contributed by atoms with E-state index in [1.165, 1.54) is 89.4 Å². The summed E-state index contributed by atoms with van der Waals surface area (Å²) in [6, 6.07) is 19.1. The first kappa shape index (κ1) is 21.8. The molecule has 0 radical (unpaired) electrons. The molecule has 0 saturated carbocycles. The molecule has 0 N–H and O–H groups in total. The fraction of sp³-hybridized carbons (Fsp3) is 0.600. The van der Waals surface area contributed by atoms with Crippen LogP contribution in [-0.2, 0) is 12.3 Å². The molecule has 4 saturated heterocycles. The van der Waals surface area contributed by atoms with E-state index in [0.29, 0.717) is 0 Å².